The molecule has 5 nitrogen and oxygen atoms in total. The number of aryl methyl sites for hydroxylation is 1. The number of nitrogens with zero attached hydrogens (tertiary/aromatic N) is 3. The molecule has 1 aliphatic carbocycles. The predicted molar refractivity (Wildman–Crippen MR) is 107 cm³/mol. The third-order valence-corrected chi connectivity index (χ3v) is 5.47. The van der Waals surface area contributed by atoms with Crippen LogP contribution < -0.4 is 4.90 Å². The number of hydrogen-bond donors (Lipinski definition) is 0. The standard InChI is InChI=1S/C23H21N3O2/c1-15-5-3-6-18(13-15)26-19-7-4-8-20(27)21(19)22(25(2)23(26)28)17-11-9-16(14-24)10-12-17/h3,5-6,9-13,22H,4,7-8H2,1-2H3/t22-/m1/s1. The highest BCUT2D eigenvalue weighted by molar-refractivity contribution is 6.06. The van der Waals surface area contributed by atoms with Gasteiger partial charge in [-0.25, -0.2) is 4.79 Å². The molecule has 0 N–H and O–H groups in total. The first-order valence-corrected chi connectivity index (χ1v) is 9.41. The molecule has 5 heteroatoms. The number of nitriles is 1. The van der Waals surface area contributed by atoms with Gasteiger partial charge in [-0.2, -0.15) is 5.26 Å². The largest absolute Gasteiger partial charge is 0.329 e. The quantitative estimate of drug-likeness (QED) is 0.781. The topological polar surface area (TPSA) is 64.4 Å². The van der Waals surface area contributed by atoms with Crippen molar-refractivity contribution in [3.63, 3.8) is 0 Å². The Kier molecular flexibility index (Phi) is 4.48. The molecule has 0 aromatic heterocycles. The van der Waals surface area contributed by atoms with Crippen LogP contribution in [0.1, 0.15) is 42.0 Å². The van der Waals surface area contributed by atoms with Crippen molar-refractivity contribution in [2.45, 2.75) is 32.2 Å². The van der Waals surface area contributed by atoms with E-state index in [2.05, 4.69) is 6.07 Å². The Hall–Kier alpha value is -3.39. The van der Waals surface area contributed by atoms with Gasteiger partial charge < -0.3 is 4.90 Å². The number of Topliss-reactive ketones (excluding diaryl/α,β-unsaturated/α-hetero) is 1. The molecule has 0 bridgehead atoms. The molecule has 2 aliphatic rings. The maximum atomic E-state index is 13.4. The molecule has 1 atom stereocenters. The first-order valence-electron chi connectivity index (χ1n) is 9.41. The fourth-order valence-corrected chi connectivity index (χ4v) is 4.13. The van der Waals surface area contributed by atoms with Crippen LogP contribution in [0.15, 0.2) is 59.8 Å². The number of ketones is 1. The molecule has 1 heterocycles. The molecule has 2 aromatic carbocycles. The Morgan fingerprint density at radius 3 is 2.50 bits per heavy atom. The molecule has 1 aliphatic heterocycles. The van der Waals surface area contributed by atoms with E-state index in [0.29, 0.717) is 24.0 Å². The second-order valence-electron chi connectivity index (χ2n) is 7.34. The molecular formula is C23H21N3O2. The van der Waals surface area contributed by atoms with Crippen LogP contribution in [-0.2, 0) is 4.79 Å². The van der Waals surface area contributed by atoms with Crippen molar-refractivity contribution in [2.24, 2.45) is 0 Å². The van der Waals surface area contributed by atoms with Crippen LogP contribution >= 0.6 is 0 Å². The zero-order valence-corrected chi connectivity index (χ0v) is 16.0. The summed E-state index contributed by atoms with van der Waals surface area (Å²) < 4.78 is 0. The second kappa shape index (κ2) is 6.97. The maximum absolute atomic E-state index is 13.4. The molecule has 28 heavy (non-hydrogen) atoms. The van der Waals surface area contributed by atoms with Gasteiger partial charge in [0.1, 0.15) is 0 Å². The number of allylic oxidation sites excluding steroid dienone is 1. The number of carbonyl (C=O) groups is 2. The summed E-state index contributed by atoms with van der Waals surface area (Å²) in [6.07, 6.45) is 1.94. The Bertz CT molecular complexity index is 1030. The van der Waals surface area contributed by atoms with Gasteiger partial charge in [0.15, 0.2) is 5.78 Å². The Morgan fingerprint density at radius 1 is 1.07 bits per heavy atom. The van der Waals surface area contributed by atoms with E-state index in [9.17, 15) is 9.59 Å². The van der Waals surface area contributed by atoms with Crippen LogP contribution in [-0.4, -0.2) is 23.8 Å². The van der Waals surface area contributed by atoms with Crippen LogP contribution in [0.3, 0.4) is 0 Å². The van der Waals surface area contributed by atoms with Crippen molar-refractivity contribution in [3.8, 4) is 6.07 Å². The van der Waals surface area contributed by atoms with Gasteiger partial charge in [-0.15, -0.1) is 0 Å². The number of anilines is 1. The average Bonchev–Trinajstić information content (AvgIpc) is 2.70. The van der Waals surface area contributed by atoms with Crippen molar-refractivity contribution < 1.29 is 9.59 Å². The third kappa shape index (κ3) is 2.87. The van der Waals surface area contributed by atoms with Crippen molar-refractivity contribution in [1.82, 2.24) is 4.90 Å². The van der Waals surface area contributed by atoms with Crippen LogP contribution in [0.5, 0.6) is 0 Å². The summed E-state index contributed by atoms with van der Waals surface area (Å²) in [6, 6.07) is 16.5. The molecule has 0 saturated carbocycles. The van der Waals surface area contributed by atoms with E-state index < -0.39 is 6.04 Å². The van der Waals surface area contributed by atoms with Crippen LogP contribution in [0.4, 0.5) is 10.5 Å². The summed E-state index contributed by atoms with van der Waals surface area (Å²) in [6.45, 7) is 1.99. The van der Waals surface area contributed by atoms with Gasteiger partial charge in [-0.05, 0) is 55.2 Å². The van der Waals surface area contributed by atoms with Gasteiger partial charge in [0.25, 0.3) is 0 Å². The van der Waals surface area contributed by atoms with Gasteiger partial charge in [0, 0.05) is 24.7 Å². The molecule has 2 aromatic rings. The van der Waals surface area contributed by atoms with E-state index in [4.69, 9.17) is 5.26 Å². The number of carbonyl (C=O) groups excluding carboxylic acids is 2. The monoisotopic (exact) mass is 371 g/mol. The van der Waals surface area contributed by atoms with E-state index >= 15 is 0 Å². The number of likely N-dealkylation sites (N-methyl/N-ethyl adjacent to an activating group) is 1. The molecule has 0 spiro atoms. The number of amides is 2. The van der Waals surface area contributed by atoms with E-state index in [1.165, 1.54) is 0 Å². The fraction of sp³-hybridized carbons (Fsp3) is 0.261. The predicted octanol–water partition coefficient (Wildman–Crippen LogP) is 4.49. The minimum atomic E-state index is -0.427. The van der Waals surface area contributed by atoms with Crippen molar-refractivity contribution in [2.75, 3.05) is 11.9 Å². The number of rotatable bonds is 2. The Labute approximate surface area is 164 Å². The lowest BCUT2D eigenvalue weighted by Gasteiger charge is -2.43. The average molecular weight is 371 g/mol. The maximum Gasteiger partial charge on any atom is 0.329 e. The molecular weight excluding hydrogens is 350 g/mol. The minimum absolute atomic E-state index is 0.0904. The van der Waals surface area contributed by atoms with E-state index in [-0.39, 0.29) is 11.8 Å². The zero-order valence-electron chi connectivity index (χ0n) is 16.0. The molecule has 0 unspecified atom stereocenters. The smallest absolute Gasteiger partial charge is 0.316 e. The van der Waals surface area contributed by atoms with Crippen molar-refractivity contribution in [3.05, 3.63) is 76.5 Å². The van der Waals surface area contributed by atoms with Crippen LogP contribution in [0, 0.1) is 18.3 Å². The molecule has 2 amide bonds. The number of urea groups is 1. The molecule has 0 saturated heterocycles. The molecule has 4 rings (SSSR count). The Balaban J connectivity index is 1.89. The highest BCUT2D eigenvalue weighted by Crippen LogP contribution is 2.43. The van der Waals surface area contributed by atoms with Gasteiger partial charge in [-0.3, -0.25) is 9.69 Å². The first-order chi connectivity index (χ1) is 13.5. The lowest BCUT2D eigenvalue weighted by Crippen LogP contribution is -2.50. The normalized spacial score (nSPS) is 19.5. The van der Waals surface area contributed by atoms with E-state index in [1.807, 2.05) is 43.3 Å². The summed E-state index contributed by atoms with van der Waals surface area (Å²) in [5, 5.41) is 9.06. The van der Waals surface area contributed by atoms with Gasteiger partial charge in [-0.1, -0.05) is 24.3 Å². The lowest BCUT2D eigenvalue weighted by atomic mass is 9.83. The van der Waals surface area contributed by atoms with E-state index in [1.54, 1.807) is 29.0 Å². The summed E-state index contributed by atoms with van der Waals surface area (Å²) in [5.41, 5.74) is 4.75. The number of hydrogen-bond acceptors (Lipinski definition) is 3. The summed E-state index contributed by atoms with van der Waals surface area (Å²) in [4.78, 5) is 29.6. The first kappa shape index (κ1) is 18.0. The highest BCUT2D eigenvalue weighted by Gasteiger charge is 2.42. The molecule has 140 valence electrons. The van der Waals surface area contributed by atoms with Crippen molar-refractivity contribution >= 4 is 17.5 Å². The Morgan fingerprint density at radius 2 is 1.82 bits per heavy atom. The highest BCUT2D eigenvalue weighted by atomic mass is 16.2. The molecule has 0 radical (unpaired) electrons. The lowest BCUT2D eigenvalue weighted by molar-refractivity contribution is -0.116. The summed E-state index contributed by atoms with van der Waals surface area (Å²) >= 11 is 0. The SMILES string of the molecule is Cc1cccc(N2C(=O)N(C)[C@H](c3ccc(C#N)cc3)C3=C2CCCC3=O)c1. The van der Waals surface area contributed by atoms with Gasteiger partial charge in [0.2, 0.25) is 0 Å². The molecule has 0 fully saturated rings. The zero-order chi connectivity index (χ0) is 19.8. The van der Waals surface area contributed by atoms with Crippen LogP contribution in [0.25, 0.3) is 0 Å². The summed E-state index contributed by atoms with van der Waals surface area (Å²) in [7, 11) is 1.74. The van der Waals surface area contributed by atoms with Crippen molar-refractivity contribution in [1.29, 1.82) is 5.26 Å². The fourth-order valence-electron chi connectivity index (χ4n) is 4.13. The van der Waals surface area contributed by atoms with Gasteiger partial charge >= 0.3 is 6.03 Å². The third-order valence-electron chi connectivity index (χ3n) is 5.47. The second-order valence-corrected chi connectivity index (χ2v) is 7.34. The summed E-state index contributed by atoms with van der Waals surface area (Å²) in [5.74, 6) is 0.0904. The number of benzene rings is 2. The van der Waals surface area contributed by atoms with Crippen LogP contribution in [0.2, 0.25) is 0 Å². The minimum Gasteiger partial charge on any atom is -0.316 e. The van der Waals surface area contributed by atoms with Gasteiger partial charge in [0.05, 0.1) is 23.4 Å². The van der Waals surface area contributed by atoms with E-state index in [0.717, 1.165) is 28.9 Å².